The molecule has 0 atom stereocenters. The molecule has 0 unspecified atom stereocenters. The second-order valence-corrected chi connectivity index (χ2v) is 5.74. The summed E-state index contributed by atoms with van der Waals surface area (Å²) in [4.78, 5) is 0. The van der Waals surface area contributed by atoms with Gasteiger partial charge < -0.3 is 20.1 Å². The van der Waals surface area contributed by atoms with E-state index in [-0.39, 0.29) is 16.5 Å². The second kappa shape index (κ2) is 9.81. The molecule has 0 aliphatic rings. The highest BCUT2D eigenvalue weighted by Gasteiger charge is 2.41. The van der Waals surface area contributed by atoms with Gasteiger partial charge >= 0.3 is 18.5 Å². The van der Waals surface area contributed by atoms with Crippen molar-refractivity contribution in [2.45, 2.75) is 31.9 Å². The number of ether oxygens (including phenoxy) is 2. The molecule has 0 saturated heterocycles. The highest BCUT2D eigenvalue weighted by atomic mass is 32.1. The molecule has 1 aromatic carbocycles. The first kappa shape index (κ1) is 23.1. The van der Waals surface area contributed by atoms with Gasteiger partial charge in [-0.2, -0.15) is 22.0 Å². The van der Waals surface area contributed by atoms with E-state index in [9.17, 15) is 30.7 Å². The summed E-state index contributed by atoms with van der Waals surface area (Å²) in [7, 11) is 0. The second-order valence-electron chi connectivity index (χ2n) is 5.33. The summed E-state index contributed by atoms with van der Waals surface area (Å²) in [5.74, 6) is -5.18. The molecule has 12 heteroatoms. The number of rotatable bonds is 9. The van der Waals surface area contributed by atoms with E-state index in [1.54, 1.807) is 0 Å². The zero-order valence-electron chi connectivity index (χ0n) is 14.0. The van der Waals surface area contributed by atoms with Gasteiger partial charge in [-0.3, -0.25) is 0 Å². The lowest BCUT2D eigenvalue weighted by Gasteiger charge is -2.18. The zero-order valence-corrected chi connectivity index (χ0v) is 14.8. The Morgan fingerprint density at radius 1 is 1.04 bits per heavy atom. The standard InChI is InChI=1S/C15H17F7N2O2S/c1-2-3-23-13(27)24-9-4-10(25-7-14(18,19)12(16)17)6-11(5-9)26-8-15(20,21)22/h4-6,12H,2-3,7-8H2,1H3,(H2,23,24,27). The third-order valence-corrected chi connectivity index (χ3v) is 3.07. The molecular formula is C15H17F7N2O2S. The lowest BCUT2D eigenvalue weighted by molar-refractivity contribution is -0.153. The van der Waals surface area contributed by atoms with E-state index >= 15 is 0 Å². The number of hydrogen-bond acceptors (Lipinski definition) is 3. The van der Waals surface area contributed by atoms with Crippen LogP contribution in [-0.2, 0) is 0 Å². The molecule has 0 fully saturated rings. The van der Waals surface area contributed by atoms with Crippen LogP contribution >= 0.6 is 12.2 Å². The number of anilines is 1. The van der Waals surface area contributed by atoms with Gasteiger partial charge in [0.1, 0.15) is 11.5 Å². The number of alkyl halides is 7. The highest BCUT2D eigenvalue weighted by Crippen LogP contribution is 2.30. The normalized spacial score (nSPS) is 12.0. The average Bonchev–Trinajstić information content (AvgIpc) is 2.55. The zero-order chi connectivity index (χ0) is 20.7. The molecule has 27 heavy (non-hydrogen) atoms. The van der Waals surface area contributed by atoms with Gasteiger partial charge in [-0.05, 0) is 18.6 Å². The summed E-state index contributed by atoms with van der Waals surface area (Å²) in [5, 5.41) is 5.52. The quantitative estimate of drug-likeness (QED) is 0.450. The molecule has 0 saturated carbocycles. The van der Waals surface area contributed by atoms with Crippen molar-refractivity contribution in [3.05, 3.63) is 18.2 Å². The highest BCUT2D eigenvalue weighted by molar-refractivity contribution is 7.80. The molecule has 0 amide bonds. The Labute approximate surface area is 156 Å². The van der Waals surface area contributed by atoms with Crippen LogP contribution in [0.15, 0.2) is 18.2 Å². The van der Waals surface area contributed by atoms with E-state index in [1.165, 1.54) is 0 Å². The first-order chi connectivity index (χ1) is 12.4. The molecule has 0 spiro atoms. The fourth-order valence-electron chi connectivity index (χ4n) is 1.63. The summed E-state index contributed by atoms with van der Waals surface area (Å²) in [6.45, 7) is -0.913. The Bertz CT molecular complexity index is 627. The smallest absolute Gasteiger partial charge is 0.422 e. The first-order valence-electron chi connectivity index (χ1n) is 7.61. The summed E-state index contributed by atoms with van der Waals surface area (Å²) in [5.41, 5.74) is 0.0682. The minimum atomic E-state index is -4.63. The van der Waals surface area contributed by atoms with Crippen molar-refractivity contribution in [2.75, 3.05) is 25.1 Å². The summed E-state index contributed by atoms with van der Waals surface area (Å²) >= 11 is 4.97. The van der Waals surface area contributed by atoms with Crippen LogP contribution in [0, 0.1) is 0 Å². The van der Waals surface area contributed by atoms with E-state index in [4.69, 9.17) is 12.2 Å². The van der Waals surface area contributed by atoms with Crippen molar-refractivity contribution in [1.82, 2.24) is 5.32 Å². The molecule has 0 aromatic heterocycles. The van der Waals surface area contributed by atoms with Crippen molar-refractivity contribution >= 4 is 23.0 Å². The van der Waals surface area contributed by atoms with Gasteiger partial charge in [-0.25, -0.2) is 8.78 Å². The van der Waals surface area contributed by atoms with Crippen molar-refractivity contribution < 1.29 is 40.2 Å². The number of thiocarbonyl (C=S) groups is 1. The van der Waals surface area contributed by atoms with Crippen molar-refractivity contribution in [1.29, 1.82) is 0 Å². The van der Waals surface area contributed by atoms with Crippen molar-refractivity contribution in [2.24, 2.45) is 0 Å². The van der Waals surface area contributed by atoms with Gasteiger partial charge in [0, 0.05) is 30.4 Å². The molecule has 0 aliphatic carbocycles. The molecule has 1 rings (SSSR count). The number of halogens is 7. The summed E-state index contributed by atoms with van der Waals surface area (Å²) < 4.78 is 96.4. The molecule has 4 nitrogen and oxygen atoms in total. The van der Waals surface area contributed by atoms with Gasteiger partial charge in [0.05, 0.1) is 0 Å². The maximum Gasteiger partial charge on any atom is 0.422 e. The van der Waals surface area contributed by atoms with Crippen LogP contribution in [0.3, 0.4) is 0 Å². The van der Waals surface area contributed by atoms with E-state index in [0.29, 0.717) is 6.54 Å². The lowest BCUT2D eigenvalue weighted by Crippen LogP contribution is -2.33. The third-order valence-electron chi connectivity index (χ3n) is 2.83. The Morgan fingerprint density at radius 3 is 2.07 bits per heavy atom. The van der Waals surface area contributed by atoms with Gasteiger partial charge in [0.15, 0.2) is 18.3 Å². The lowest BCUT2D eigenvalue weighted by atomic mass is 10.2. The van der Waals surface area contributed by atoms with Gasteiger partial charge in [0.25, 0.3) is 0 Å². The van der Waals surface area contributed by atoms with Crippen LogP contribution in [0.1, 0.15) is 13.3 Å². The van der Waals surface area contributed by atoms with Crippen LogP contribution in [0.25, 0.3) is 0 Å². The summed E-state index contributed by atoms with van der Waals surface area (Å²) in [6.07, 6.45) is -7.84. The number of hydrogen-bond donors (Lipinski definition) is 2. The monoisotopic (exact) mass is 422 g/mol. The van der Waals surface area contributed by atoms with Gasteiger partial charge in [-0.15, -0.1) is 0 Å². The molecule has 1 aromatic rings. The predicted molar refractivity (Wildman–Crippen MR) is 89.0 cm³/mol. The van der Waals surface area contributed by atoms with Crippen molar-refractivity contribution in [3.63, 3.8) is 0 Å². The number of nitrogens with one attached hydrogen (secondary N) is 2. The SMILES string of the molecule is CCCNC(=S)Nc1cc(OCC(F)(F)F)cc(OCC(F)(F)C(F)F)c1. The maximum atomic E-state index is 13.0. The van der Waals surface area contributed by atoms with Gasteiger partial charge in [-0.1, -0.05) is 6.92 Å². The predicted octanol–water partition coefficient (Wildman–Crippen LogP) is 4.60. The van der Waals surface area contributed by atoms with E-state index in [2.05, 4.69) is 20.1 Å². The van der Waals surface area contributed by atoms with Crippen LogP contribution in [0.4, 0.5) is 36.4 Å². The van der Waals surface area contributed by atoms with Gasteiger partial charge in [0.2, 0.25) is 0 Å². The molecular weight excluding hydrogens is 405 g/mol. The fraction of sp³-hybridized carbons (Fsp3) is 0.533. The van der Waals surface area contributed by atoms with E-state index < -0.39 is 37.5 Å². The van der Waals surface area contributed by atoms with Crippen LogP contribution in [-0.4, -0.2) is 43.4 Å². The minimum Gasteiger partial charge on any atom is -0.487 e. The molecule has 2 N–H and O–H groups in total. The largest absolute Gasteiger partial charge is 0.487 e. The molecule has 0 radical (unpaired) electrons. The third kappa shape index (κ3) is 8.98. The Morgan fingerprint density at radius 2 is 1.59 bits per heavy atom. The van der Waals surface area contributed by atoms with E-state index in [0.717, 1.165) is 24.6 Å². The molecule has 0 bridgehead atoms. The molecule has 0 heterocycles. The van der Waals surface area contributed by atoms with E-state index in [1.807, 2.05) is 6.92 Å². The first-order valence-corrected chi connectivity index (χ1v) is 8.02. The Kier molecular flexibility index (Phi) is 8.38. The van der Waals surface area contributed by atoms with Crippen LogP contribution in [0.2, 0.25) is 0 Å². The topological polar surface area (TPSA) is 42.5 Å². The molecule has 154 valence electrons. The average molecular weight is 422 g/mol. The molecule has 0 aliphatic heterocycles. The Hall–Kier alpha value is -1.98. The summed E-state index contributed by atoms with van der Waals surface area (Å²) in [6, 6.07) is 3.12. The maximum absolute atomic E-state index is 13.0. The van der Waals surface area contributed by atoms with Crippen LogP contribution < -0.4 is 20.1 Å². The van der Waals surface area contributed by atoms with Crippen molar-refractivity contribution in [3.8, 4) is 11.5 Å². The van der Waals surface area contributed by atoms with Crippen LogP contribution in [0.5, 0.6) is 11.5 Å². The minimum absolute atomic E-state index is 0.0682. The number of benzene rings is 1. The Balaban J connectivity index is 2.95. The fourth-order valence-corrected chi connectivity index (χ4v) is 1.85.